The lowest BCUT2D eigenvalue weighted by atomic mass is 10.00. The molecule has 0 spiro atoms. The van der Waals surface area contributed by atoms with Crippen molar-refractivity contribution in [2.45, 2.75) is 18.7 Å². The van der Waals surface area contributed by atoms with E-state index in [-0.39, 0.29) is 16.3 Å². The molecule has 8 nitrogen and oxygen atoms in total. The highest BCUT2D eigenvalue weighted by molar-refractivity contribution is 7.92. The summed E-state index contributed by atoms with van der Waals surface area (Å²) in [5, 5.41) is 4.16. The summed E-state index contributed by atoms with van der Waals surface area (Å²) in [6, 6.07) is 20.9. The van der Waals surface area contributed by atoms with Gasteiger partial charge in [-0.25, -0.2) is 8.42 Å². The smallest absolute Gasteiger partial charge is 0.263 e. The fraction of sp³-hybridized carbons (Fsp3) is 0.111. The van der Waals surface area contributed by atoms with E-state index < -0.39 is 10.0 Å². The summed E-state index contributed by atoms with van der Waals surface area (Å²) >= 11 is 0. The van der Waals surface area contributed by atoms with E-state index in [2.05, 4.69) is 32.6 Å². The molecule has 9 heteroatoms. The molecule has 2 aromatic heterocycles. The molecule has 3 aromatic carbocycles. The normalized spacial score (nSPS) is 11.5. The van der Waals surface area contributed by atoms with Crippen LogP contribution in [0.15, 0.2) is 93.3 Å². The van der Waals surface area contributed by atoms with Crippen molar-refractivity contribution in [1.82, 2.24) is 9.72 Å². The number of hydrogen-bond acceptors (Lipinski definition) is 6. The van der Waals surface area contributed by atoms with Gasteiger partial charge >= 0.3 is 0 Å². The lowest BCUT2D eigenvalue weighted by Gasteiger charge is -2.16. The number of anilines is 1. The number of hydrogen-bond donors (Lipinski definition) is 1. The number of pyridine rings is 1. The molecule has 0 fully saturated rings. The molecule has 0 aliphatic carbocycles. The van der Waals surface area contributed by atoms with E-state index in [4.69, 9.17) is 4.74 Å². The molecule has 0 amide bonds. The first kappa shape index (κ1) is 23.4. The molecule has 1 N–H and O–H groups in total. The number of sulfonamides is 1. The van der Waals surface area contributed by atoms with Crippen LogP contribution in [0.3, 0.4) is 0 Å². The second-order valence-electron chi connectivity index (χ2n) is 8.48. The molecule has 0 unspecified atom stereocenters. The van der Waals surface area contributed by atoms with Gasteiger partial charge in [0.2, 0.25) is 0 Å². The van der Waals surface area contributed by atoms with Gasteiger partial charge in [-0.15, -0.1) is 0 Å². The molecule has 5 aromatic rings. The van der Waals surface area contributed by atoms with Gasteiger partial charge in [0.05, 0.1) is 23.2 Å². The standard InChI is InChI=1S/C27H23N3O5S/c1-17-12-18(2)14-21(13-17)19-4-7-24(25(16-19)34-3)30-23-8-6-22(15-20(23)5-9-27(30)31)36(32,33)29-26-10-11-35-28-26/h4-16H,1-3H3,(H,28,29). The monoisotopic (exact) mass is 501 g/mol. The van der Waals surface area contributed by atoms with E-state index in [9.17, 15) is 13.2 Å². The van der Waals surface area contributed by atoms with Crippen molar-refractivity contribution < 1.29 is 17.7 Å². The molecule has 0 bridgehead atoms. The van der Waals surface area contributed by atoms with Crippen LogP contribution >= 0.6 is 0 Å². The Morgan fingerprint density at radius 1 is 0.889 bits per heavy atom. The molecule has 0 saturated heterocycles. The topological polar surface area (TPSA) is 103 Å². The molecule has 36 heavy (non-hydrogen) atoms. The van der Waals surface area contributed by atoms with Crippen molar-refractivity contribution in [3.8, 4) is 22.6 Å². The highest BCUT2D eigenvalue weighted by atomic mass is 32.2. The SMILES string of the molecule is COc1cc(-c2cc(C)cc(C)c2)ccc1-n1c(=O)ccc2cc(S(=O)(=O)Nc3ccon3)ccc21. The third-order valence-corrected chi connectivity index (χ3v) is 7.18. The number of ether oxygens (including phenoxy) is 1. The Morgan fingerprint density at radius 2 is 1.67 bits per heavy atom. The van der Waals surface area contributed by atoms with Gasteiger partial charge in [0.25, 0.3) is 15.6 Å². The van der Waals surface area contributed by atoms with E-state index in [1.807, 2.05) is 32.0 Å². The lowest BCUT2D eigenvalue weighted by molar-refractivity contribution is 0.413. The molecule has 5 rings (SSSR count). The van der Waals surface area contributed by atoms with Crippen molar-refractivity contribution in [2.24, 2.45) is 0 Å². The average molecular weight is 502 g/mol. The Bertz CT molecular complexity index is 1740. The third kappa shape index (κ3) is 4.36. The predicted molar refractivity (Wildman–Crippen MR) is 138 cm³/mol. The number of nitrogens with zero attached hydrogens (tertiary/aromatic N) is 2. The van der Waals surface area contributed by atoms with Crippen LogP contribution in [-0.2, 0) is 10.0 Å². The maximum absolute atomic E-state index is 13.0. The number of methoxy groups -OCH3 is 1. The lowest BCUT2D eigenvalue weighted by Crippen LogP contribution is -2.18. The molecule has 0 aliphatic rings. The summed E-state index contributed by atoms with van der Waals surface area (Å²) < 4.78 is 39.9. The number of rotatable bonds is 6. The van der Waals surface area contributed by atoms with Gasteiger partial charge in [-0.3, -0.25) is 14.1 Å². The first-order valence-electron chi connectivity index (χ1n) is 11.1. The quantitative estimate of drug-likeness (QED) is 0.348. The number of aryl methyl sites for hydroxylation is 2. The van der Waals surface area contributed by atoms with Crippen molar-refractivity contribution in [1.29, 1.82) is 0 Å². The molecular weight excluding hydrogens is 478 g/mol. The zero-order chi connectivity index (χ0) is 25.4. The zero-order valence-electron chi connectivity index (χ0n) is 19.8. The van der Waals surface area contributed by atoms with Crippen LogP contribution in [0.25, 0.3) is 27.7 Å². The Kier molecular flexibility index (Phi) is 5.85. The first-order chi connectivity index (χ1) is 17.2. The largest absolute Gasteiger partial charge is 0.495 e. The molecule has 0 saturated carbocycles. The highest BCUT2D eigenvalue weighted by Crippen LogP contribution is 2.32. The number of benzene rings is 3. The minimum Gasteiger partial charge on any atom is -0.495 e. The fourth-order valence-electron chi connectivity index (χ4n) is 4.28. The van der Waals surface area contributed by atoms with Crippen LogP contribution in [0.5, 0.6) is 5.75 Å². The third-order valence-electron chi connectivity index (χ3n) is 5.83. The molecule has 0 radical (unpaired) electrons. The Balaban J connectivity index is 1.61. The van der Waals surface area contributed by atoms with Gasteiger partial charge in [-0.1, -0.05) is 40.5 Å². The van der Waals surface area contributed by atoms with Gasteiger partial charge in [-0.2, -0.15) is 0 Å². The zero-order valence-corrected chi connectivity index (χ0v) is 20.7. The molecule has 0 atom stereocenters. The van der Waals surface area contributed by atoms with Gasteiger partial charge in [0.1, 0.15) is 12.0 Å². The number of nitrogens with one attached hydrogen (secondary N) is 1. The fourth-order valence-corrected chi connectivity index (χ4v) is 5.31. The second kappa shape index (κ2) is 9.01. The molecule has 2 heterocycles. The second-order valence-corrected chi connectivity index (χ2v) is 10.2. The summed E-state index contributed by atoms with van der Waals surface area (Å²) in [4.78, 5) is 13.0. The summed E-state index contributed by atoms with van der Waals surface area (Å²) in [7, 11) is -2.35. The summed E-state index contributed by atoms with van der Waals surface area (Å²) in [5.41, 5.74) is 5.15. The molecule has 182 valence electrons. The Morgan fingerprint density at radius 3 is 2.36 bits per heavy atom. The van der Waals surface area contributed by atoms with E-state index in [0.717, 1.165) is 22.3 Å². The van der Waals surface area contributed by atoms with Crippen LogP contribution in [-0.4, -0.2) is 25.3 Å². The minimum atomic E-state index is -3.90. The van der Waals surface area contributed by atoms with Crippen molar-refractivity contribution in [2.75, 3.05) is 11.8 Å². The average Bonchev–Trinajstić information content (AvgIpc) is 3.35. The van der Waals surface area contributed by atoms with Crippen LogP contribution in [0, 0.1) is 13.8 Å². The maximum atomic E-state index is 13.0. The Hall–Kier alpha value is -4.37. The van der Waals surface area contributed by atoms with Gasteiger partial charge in [0.15, 0.2) is 5.82 Å². The minimum absolute atomic E-state index is 0.0281. The predicted octanol–water partition coefficient (Wildman–Crippen LogP) is 5.07. The summed E-state index contributed by atoms with van der Waals surface area (Å²) in [6.07, 6.45) is 1.27. The Labute approximate surface area is 207 Å². The number of aromatic nitrogens is 2. The van der Waals surface area contributed by atoms with E-state index in [1.165, 1.54) is 35.1 Å². The first-order valence-corrected chi connectivity index (χ1v) is 12.6. The number of fused-ring (bicyclic) bond motifs is 1. The maximum Gasteiger partial charge on any atom is 0.263 e. The van der Waals surface area contributed by atoms with Gasteiger partial charge < -0.3 is 9.26 Å². The summed E-state index contributed by atoms with van der Waals surface area (Å²) in [6.45, 7) is 4.10. The van der Waals surface area contributed by atoms with E-state index in [1.54, 1.807) is 19.2 Å². The molecule has 0 aliphatic heterocycles. The van der Waals surface area contributed by atoms with Gasteiger partial charge in [-0.05, 0) is 61.4 Å². The van der Waals surface area contributed by atoms with E-state index in [0.29, 0.717) is 22.3 Å². The highest BCUT2D eigenvalue weighted by Gasteiger charge is 2.18. The van der Waals surface area contributed by atoms with Crippen molar-refractivity contribution >= 4 is 26.7 Å². The molecular formula is C27H23N3O5S. The van der Waals surface area contributed by atoms with Gasteiger partial charge in [0, 0.05) is 17.5 Å². The van der Waals surface area contributed by atoms with Crippen LogP contribution < -0.4 is 15.0 Å². The van der Waals surface area contributed by atoms with Crippen LogP contribution in [0.4, 0.5) is 5.82 Å². The van der Waals surface area contributed by atoms with Crippen LogP contribution in [0.2, 0.25) is 0 Å². The van der Waals surface area contributed by atoms with Crippen molar-refractivity contribution in [3.05, 3.63) is 101 Å². The summed E-state index contributed by atoms with van der Waals surface area (Å²) in [5.74, 6) is 0.597. The van der Waals surface area contributed by atoms with E-state index >= 15 is 0 Å². The van der Waals surface area contributed by atoms with Crippen LogP contribution in [0.1, 0.15) is 11.1 Å². The van der Waals surface area contributed by atoms with Crippen molar-refractivity contribution in [3.63, 3.8) is 0 Å².